The Morgan fingerprint density at radius 1 is 1.09 bits per heavy atom. The van der Waals surface area contributed by atoms with E-state index in [1.807, 2.05) is 6.07 Å². The number of carboxylic acids is 1. The molecule has 0 aromatic heterocycles. The van der Waals surface area contributed by atoms with E-state index in [1.54, 1.807) is 48.5 Å². The number of benzene rings is 2. The van der Waals surface area contributed by atoms with Gasteiger partial charge in [-0.25, -0.2) is 9.59 Å². The summed E-state index contributed by atoms with van der Waals surface area (Å²) in [4.78, 5) is 40.1. The fourth-order valence-corrected chi connectivity index (χ4v) is 3.10. The van der Waals surface area contributed by atoms with Crippen molar-refractivity contribution in [1.82, 2.24) is 21.3 Å². The van der Waals surface area contributed by atoms with Crippen LogP contribution >= 0.6 is 0 Å². The highest BCUT2D eigenvalue weighted by atomic mass is 16.5. The number of nitrogens with one attached hydrogen (secondary N) is 4. The fourth-order valence-electron chi connectivity index (χ4n) is 3.10. The molecule has 186 valence electrons. The van der Waals surface area contributed by atoms with E-state index in [-0.39, 0.29) is 13.2 Å². The van der Waals surface area contributed by atoms with Gasteiger partial charge in [0.15, 0.2) is 5.96 Å². The predicted molar refractivity (Wildman–Crippen MR) is 128 cm³/mol. The van der Waals surface area contributed by atoms with E-state index in [9.17, 15) is 19.5 Å². The Labute approximate surface area is 202 Å². The van der Waals surface area contributed by atoms with Gasteiger partial charge in [-0.3, -0.25) is 9.79 Å². The number of alkyl carbamates (subject to hydrolysis) is 1. The van der Waals surface area contributed by atoms with Crippen molar-refractivity contribution >= 4 is 23.9 Å². The molecule has 1 aliphatic rings. The molecule has 0 saturated heterocycles. The number of rotatable bonds is 11. The maximum Gasteiger partial charge on any atom is 0.408 e. The van der Waals surface area contributed by atoms with Crippen molar-refractivity contribution in [3.63, 3.8) is 0 Å². The smallest absolute Gasteiger partial charge is 0.408 e. The molecule has 1 heterocycles. The van der Waals surface area contributed by atoms with Crippen LogP contribution in [0.5, 0.6) is 5.75 Å². The summed E-state index contributed by atoms with van der Waals surface area (Å²) in [5.74, 6) is -0.419. The maximum absolute atomic E-state index is 12.4. The van der Waals surface area contributed by atoms with E-state index in [2.05, 4.69) is 26.3 Å². The molecule has 0 aliphatic carbocycles. The van der Waals surface area contributed by atoms with E-state index >= 15 is 0 Å². The molecule has 0 spiro atoms. The highest BCUT2D eigenvalue weighted by Gasteiger charge is 2.22. The monoisotopic (exact) mass is 483 g/mol. The van der Waals surface area contributed by atoms with Gasteiger partial charge in [0.1, 0.15) is 25.0 Å². The minimum atomic E-state index is -1.35. The summed E-state index contributed by atoms with van der Waals surface area (Å²) in [6.07, 6.45) is 0.133. The number of ether oxygens (including phenoxy) is 2. The molecule has 0 unspecified atom stereocenters. The number of nitrogens with zero attached hydrogens (tertiary/aromatic N) is 1. The Kier molecular flexibility index (Phi) is 9.73. The van der Waals surface area contributed by atoms with Crippen LogP contribution in [-0.2, 0) is 16.1 Å². The Bertz CT molecular complexity index is 1010. The van der Waals surface area contributed by atoms with E-state index in [1.165, 1.54) is 0 Å². The highest BCUT2D eigenvalue weighted by molar-refractivity contribution is 5.94. The van der Waals surface area contributed by atoms with Gasteiger partial charge in [-0.15, -0.1) is 0 Å². The van der Waals surface area contributed by atoms with Crippen LogP contribution in [0.1, 0.15) is 22.3 Å². The number of guanidine groups is 1. The summed E-state index contributed by atoms with van der Waals surface area (Å²) in [6.45, 7) is 2.39. The molecule has 11 heteroatoms. The number of carbonyl (C=O) groups is 3. The third-order valence-electron chi connectivity index (χ3n) is 4.95. The van der Waals surface area contributed by atoms with Crippen LogP contribution in [-0.4, -0.2) is 67.9 Å². The molecule has 1 atom stereocenters. The minimum absolute atomic E-state index is 0.00148. The Hall–Kier alpha value is -4.28. The van der Waals surface area contributed by atoms with Crippen LogP contribution < -0.4 is 26.0 Å². The quantitative estimate of drug-likeness (QED) is 0.298. The van der Waals surface area contributed by atoms with E-state index < -0.39 is 24.0 Å². The number of carbonyl (C=O) groups excluding carboxylic acids is 2. The molecule has 2 aromatic carbocycles. The van der Waals surface area contributed by atoms with E-state index in [4.69, 9.17) is 9.47 Å². The lowest BCUT2D eigenvalue weighted by atomic mass is 10.2. The van der Waals surface area contributed by atoms with E-state index in [0.29, 0.717) is 24.5 Å². The number of hydrogen-bond acceptors (Lipinski definition) is 8. The molecule has 2 amide bonds. The van der Waals surface area contributed by atoms with Crippen molar-refractivity contribution in [1.29, 1.82) is 0 Å². The summed E-state index contributed by atoms with van der Waals surface area (Å²) in [5.41, 5.74) is 1.09. The first-order valence-corrected chi connectivity index (χ1v) is 11.2. The summed E-state index contributed by atoms with van der Waals surface area (Å²) >= 11 is 0. The second kappa shape index (κ2) is 13.4. The van der Waals surface area contributed by atoms with Crippen LogP contribution in [0.2, 0.25) is 0 Å². The topological polar surface area (TPSA) is 150 Å². The van der Waals surface area contributed by atoms with Crippen molar-refractivity contribution in [2.75, 3.05) is 32.8 Å². The Balaban J connectivity index is 1.38. The molecular formula is C24H29N5O6. The van der Waals surface area contributed by atoms with Gasteiger partial charge in [0.2, 0.25) is 0 Å². The molecule has 0 radical (unpaired) electrons. The lowest BCUT2D eigenvalue weighted by Crippen LogP contribution is -2.48. The van der Waals surface area contributed by atoms with Crippen molar-refractivity contribution in [2.24, 2.45) is 4.99 Å². The van der Waals surface area contributed by atoms with Crippen molar-refractivity contribution in [3.05, 3.63) is 65.7 Å². The number of amides is 2. The van der Waals surface area contributed by atoms with Crippen LogP contribution in [0.25, 0.3) is 0 Å². The predicted octanol–water partition coefficient (Wildman–Crippen LogP) is 1.11. The zero-order chi connectivity index (χ0) is 24.9. The van der Waals surface area contributed by atoms with Gasteiger partial charge in [0.05, 0.1) is 6.54 Å². The number of hydrogen-bond donors (Lipinski definition) is 5. The lowest BCUT2D eigenvalue weighted by molar-refractivity contribution is -0.139. The first kappa shape index (κ1) is 25.3. The van der Waals surface area contributed by atoms with Gasteiger partial charge >= 0.3 is 12.1 Å². The van der Waals surface area contributed by atoms with Crippen molar-refractivity contribution in [2.45, 2.75) is 19.1 Å². The first-order valence-electron chi connectivity index (χ1n) is 11.2. The molecule has 0 bridgehead atoms. The largest absolute Gasteiger partial charge is 0.492 e. The van der Waals surface area contributed by atoms with Crippen LogP contribution in [0.4, 0.5) is 4.79 Å². The van der Waals surface area contributed by atoms with Crippen LogP contribution in [0.3, 0.4) is 0 Å². The second-order valence-corrected chi connectivity index (χ2v) is 7.62. The zero-order valence-electron chi connectivity index (χ0n) is 19.2. The maximum atomic E-state index is 12.4. The summed E-state index contributed by atoms with van der Waals surface area (Å²) in [5, 5.41) is 20.4. The third kappa shape index (κ3) is 8.88. The SMILES string of the molecule is O=C(N[C@@H](CNC(=O)c1ccc(OCCNC2=NCCCN2)cc1)C(=O)O)OCc1ccccc1. The molecule has 3 rings (SSSR count). The van der Waals surface area contributed by atoms with Crippen molar-refractivity contribution in [3.8, 4) is 5.75 Å². The van der Waals surface area contributed by atoms with Crippen LogP contribution in [0, 0.1) is 0 Å². The molecular weight excluding hydrogens is 454 g/mol. The van der Waals surface area contributed by atoms with Gasteiger partial charge in [-0.05, 0) is 36.2 Å². The average molecular weight is 484 g/mol. The van der Waals surface area contributed by atoms with E-state index in [0.717, 1.165) is 31.0 Å². The number of aliphatic carboxylic acids is 1. The summed E-state index contributed by atoms with van der Waals surface area (Å²) in [7, 11) is 0. The highest BCUT2D eigenvalue weighted by Crippen LogP contribution is 2.12. The van der Waals surface area contributed by atoms with Gasteiger partial charge in [0.25, 0.3) is 5.91 Å². The first-order chi connectivity index (χ1) is 17.0. The molecule has 0 fully saturated rings. The molecule has 5 N–H and O–H groups in total. The molecule has 35 heavy (non-hydrogen) atoms. The third-order valence-corrected chi connectivity index (χ3v) is 4.95. The lowest BCUT2D eigenvalue weighted by Gasteiger charge is -2.16. The van der Waals surface area contributed by atoms with Crippen LogP contribution in [0.15, 0.2) is 59.6 Å². The second-order valence-electron chi connectivity index (χ2n) is 7.62. The molecule has 1 aliphatic heterocycles. The number of carboxylic acid groups (broad SMARTS) is 1. The van der Waals surface area contributed by atoms with Gasteiger partial charge in [0, 0.05) is 25.2 Å². The summed E-state index contributed by atoms with van der Waals surface area (Å²) < 4.78 is 10.7. The normalized spacial score (nSPS) is 13.4. The minimum Gasteiger partial charge on any atom is -0.492 e. The molecule has 2 aromatic rings. The fraction of sp³-hybridized carbons (Fsp3) is 0.333. The zero-order valence-corrected chi connectivity index (χ0v) is 19.2. The van der Waals surface area contributed by atoms with Gasteiger partial charge in [-0.1, -0.05) is 30.3 Å². The number of aliphatic imine (C=N–C) groups is 1. The molecule has 11 nitrogen and oxygen atoms in total. The Morgan fingerprint density at radius 3 is 2.54 bits per heavy atom. The summed E-state index contributed by atoms with van der Waals surface area (Å²) in [6, 6.07) is 14.1. The van der Waals surface area contributed by atoms with Crippen molar-refractivity contribution < 1.29 is 29.0 Å². The Morgan fingerprint density at radius 2 is 1.86 bits per heavy atom. The standard InChI is InChI=1S/C24H29N5O6/c30-21(18-7-9-19(10-8-18)34-14-13-27-23-25-11-4-12-26-23)28-15-20(22(31)32)29-24(33)35-16-17-5-2-1-3-6-17/h1-3,5-10,20H,4,11-16H2,(H,28,30)(H,29,33)(H,31,32)(H2,25,26,27)/t20-/m0/s1. The van der Waals surface area contributed by atoms with Gasteiger partial charge < -0.3 is 35.8 Å². The average Bonchev–Trinajstić information content (AvgIpc) is 2.89. The molecule has 0 saturated carbocycles. The van der Waals surface area contributed by atoms with Gasteiger partial charge in [-0.2, -0.15) is 0 Å².